The number of nitrogens with zero attached hydrogens (tertiary/aromatic N) is 1. The van der Waals surface area contributed by atoms with Gasteiger partial charge in [-0.2, -0.15) is 0 Å². The topological polar surface area (TPSA) is 67.9 Å². The van der Waals surface area contributed by atoms with Gasteiger partial charge in [0.05, 0.1) is 6.54 Å². The van der Waals surface area contributed by atoms with Gasteiger partial charge >= 0.3 is 0 Å². The van der Waals surface area contributed by atoms with Crippen molar-refractivity contribution in [2.24, 2.45) is 5.92 Å². The van der Waals surface area contributed by atoms with Gasteiger partial charge in [0.2, 0.25) is 5.91 Å². The average Bonchev–Trinajstić information content (AvgIpc) is 2.77. The van der Waals surface area contributed by atoms with Crippen LogP contribution in [0.5, 0.6) is 11.5 Å². The lowest BCUT2D eigenvalue weighted by Gasteiger charge is -2.31. The second kappa shape index (κ2) is 10.5. The van der Waals surface area contributed by atoms with Crippen molar-refractivity contribution in [2.45, 2.75) is 19.8 Å². The van der Waals surface area contributed by atoms with Gasteiger partial charge in [-0.3, -0.25) is 9.59 Å². The van der Waals surface area contributed by atoms with E-state index in [2.05, 4.69) is 5.32 Å². The number of ether oxygens (including phenoxy) is 2. The average molecular weight is 396 g/mol. The fourth-order valence-corrected chi connectivity index (χ4v) is 3.27. The maximum atomic E-state index is 12.3. The predicted molar refractivity (Wildman–Crippen MR) is 111 cm³/mol. The summed E-state index contributed by atoms with van der Waals surface area (Å²) in [4.78, 5) is 26.4. The van der Waals surface area contributed by atoms with Gasteiger partial charge in [0, 0.05) is 19.0 Å². The van der Waals surface area contributed by atoms with E-state index in [1.807, 2.05) is 61.5 Å². The Kier molecular flexibility index (Phi) is 7.50. The summed E-state index contributed by atoms with van der Waals surface area (Å²) in [5.74, 6) is 1.41. The molecule has 0 bridgehead atoms. The zero-order valence-corrected chi connectivity index (χ0v) is 16.8. The van der Waals surface area contributed by atoms with Gasteiger partial charge < -0.3 is 19.7 Å². The highest BCUT2D eigenvalue weighted by Gasteiger charge is 2.27. The molecule has 154 valence electrons. The molecule has 1 aliphatic rings. The maximum absolute atomic E-state index is 12.3. The summed E-state index contributed by atoms with van der Waals surface area (Å²) in [7, 11) is 0. The number of benzene rings is 2. The van der Waals surface area contributed by atoms with E-state index in [9.17, 15) is 9.59 Å². The molecule has 3 rings (SSSR count). The number of carbonyl (C=O) groups excluding carboxylic acids is 2. The first kappa shape index (κ1) is 20.7. The summed E-state index contributed by atoms with van der Waals surface area (Å²) in [5, 5.41) is 2.93. The molecule has 1 saturated heterocycles. The first-order valence-electron chi connectivity index (χ1n) is 10.0. The van der Waals surface area contributed by atoms with E-state index >= 15 is 0 Å². The molecule has 2 amide bonds. The maximum Gasteiger partial charge on any atom is 0.260 e. The van der Waals surface area contributed by atoms with Crippen molar-refractivity contribution in [3.05, 3.63) is 60.2 Å². The molecule has 29 heavy (non-hydrogen) atoms. The van der Waals surface area contributed by atoms with Crippen LogP contribution in [0.15, 0.2) is 54.6 Å². The zero-order valence-electron chi connectivity index (χ0n) is 16.8. The normalized spacial score (nSPS) is 14.3. The van der Waals surface area contributed by atoms with Crippen molar-refractivity contribution in [1.29, 1.82) is 0 Å². The summed E-state index contributed by atoms with van der Waals surface area (Å²) in [6, 6.07) is 17.1. The summed E-state index contributed by atoms with van der Waals surface area (Å²) < 4.78 is 11.1. The molecule has 0 aliphatic carbocycles. The van der Waals surface area contributed by atoms with Crippen LogP contribution < -0.4 is 14.8 Å². The van der Waals surface area contributed by atoms with E-state index in [0.29, 0.717) is 44.8 Å². The Morgan fingerprint density at radius 3 is 2.31 bits per heavy atom. The van der Waals surface area contributed by atoms with E-state index in [1.165, 1.54) is 5.56 Å². The summed E-state index contributed by atoms with van der Waals surface area (Å²) in [6.45, 7) is 4.11. The SMILES string of the molecule is Cc1ccc(OCCNC(=O)C2CCN(C(=O)COc3ccccc3)CC2)cc1. The number of likely N-dealkylation sites (tertiary alicyclic amines) is 1. The highest BCUT2D eigenvalue weighted by Crippen LogP contribution is 2.18. The number of hydrogen-bond donors (Lipinski definition) is 1. The molecular weight excluding hydrogens is 368 g/mol. The second-order valence-corrected chi connectivity index (χ2v) is 7.21. The van der Waals surface area contributed by atoms with E-state index in [-0.39, 0.29) is 24.3 Å². The third kappa shape index (κ3) is 6.52. The molecule has 0 spiro atoms. The number of amides is 2. The highest BCUT2D eigenvalue weighted by atomic mass is 16.5. The molecule has 6 heteroatoms. The van der Waals surface area contributed by atoms with Gasteiger partial charge in [-0.1, -0.05) is 35.9 Å². The molecule has 2 aromatic carbocycles. The van der Waals surface area contributed by atoms with Crippen LogP contribution in [0.2, 0.25) is 0 Å². The Morgan fingerprint density at radius 1 is 0.966 bits per heavy atom. The van der Waals surface area contributed by atoms with Crippen molar-refractivity contribution in [2.75, 3.05) is 32.8 Å². The smallest absolute Gasteiger partial charge is 0.260 e. The van der Waals surface area contributed by atoms with Gasteiger partial charge in [-0.15, -0.1) is 0 Å². The molecule has 0 saturated carbocycles. The molecule has 1 N–H and O–H groups in total. The number of aryl methyl sites for hydroxylation is 1. The van der Waals surface area contributed by atoms with Crippen molar-refractivity contribution in [3.63, 3.8) is 0 Å². The number of nitrogens with one attached hydrogen (secondary N) is 1. The Hall–Kier alpha value is -3.02. The first-order chi connectivity index (χ1) is 14.1. The number of para-hydroxylation sites is 1. The van der Waals surface area contributed by atoms with Gasteiger partial charge in [0.1, 0.15) is 18.1 Å². The molecule has 1 fully saturated rings. The van der Waals surface area contributed by atoms with E-state index in [0.717, 1.165) is 5.75 Å². The Bertz CT molecular complexity index is 784. The minimum atomic E-state index is -0.0616. The number of hydrogen-bond acceptors (Lipinski definition) is 4. The second-order valence-electron chi connectivity index (χ2n) is 7.21. The molecular formula is C23H28N2O4. The minimum Gasteiger partial charge on any atom is -0.492 e. The van der Waals surface area contributed by atoms with Crippen LogP contribution in [0.4, 0.5) is 0 Å². The molecule has 0 aromatic heterocycles. The molecule has 6 nitrogen and oxygen atoms in total. The lowest BCUT2D eigenvalue weighted by atomic mass is 9.96. The van der Waals surface area contributed by atoms with Crippen LogP contribution in [0.3, 0.4) is 0 Å². The lowest BCUT2D eigenvalue weighted by Crippen LogP contribution is -2.45. The van der Waals surface area contributed by atoms with Crippen LogP contribution in [0, 0.1) is 12.8 Å². The van der Waals surface area contributed by atoms with Gasteiger partial charge in [-0.25, -0.2) is 0 Å². The van der Waals surface area contributed by atoms with E-state index in [1.54, 1.807) is 4.90 Å². The standard InChI is InChI=1S/C23H28N2O4/c1-18-7-9-21(10-8-18)28-16-13-24-23(27)19-11-14-25(15-12-19)22(26)17-29-20-5-3-2-4-6-20/h2-10,19H,11-17H2,1H3,(H,24,27). The molecule has 0 radical (unpaired) electrons. The van der Waals surface area contributed by atoms with Crippen LogP contribution in [0.1, 0.15) is 18.4 Å². The number of piperidine rings is 1. The van der Waals surface area contributed by atoms with Crippen LogP contribution >= 0.6 is 0 Å². The Morgan fingerprint density at radius 2 is 1.62 bits per heavy atom. The van der Waals surface area contributed by atoms with Crippen molar-refractivity contribution >= 4 is 11.8 Å². The van der Waals surface area contributed by atoms with Gasteiger partial charge in [0.15, 0.2) is 6.61 Å². The van der Waals surface area contributed by atoms with Gasteiger partial charge in [-0.05, 0) is 44.0 Å². The lowest BCUT2D eigenvalue weighted by molar-refractivity contribution is -0.137. The predicted octanol–water partition coefficient (Wildman–Crippen LogP) is 2.81. The molecule has 1 heterocycles. The van der Waals surface area contributed by atoms with Gasteiger partial charge in [0.25, 0.3) is 5.91 Å². The third-order valence-corrected chi connectivity index (χ3v) is 5.01. The Labute approximate surface area is 171 Å². The molecule has 0 atom stereocenters. The molecule has 0 unspecified atom stereocenters. The van der Waals surface area contributed by atoms with Crippen molar-refractivity contribution < 1.29 is 19.1 Å². The minimum absolute atomic E-state index is 0.0250. The summed E-state index contributed by atoms with van der Waals surface area (Å²) in [5.41, 5.74) is 1.18. The van der Waals surface area contributed by atoms with Crippen molar-refractivity contribution in [3.8, 4) is 11.5 Å². The van der Waals surface area contributed by atoms with Crippen LogP contribution in [-0.2, 0) is 9.59 Å². The first-order valence-corrected chi connectivity index (χ1v) is 10.0. The largest absolute Gasteiger partial charge is 0.492 e. The molecule has 2 aromatic rings. The fraction of sp³-hybridized carbons (Fsp3) is 0.391. The number of rotatable bonds is 8. The third-order valence-electron chi connectivity index (χ3n) is 5.01. The monoisotopic (exact) mass is 396 g/mol. The van der Waals surface area contributed by atoms with Crippen LogP contribution in [0.25, 0.3) is 0 Å². The number of carbonyl (C=O) groups is 2. The van der Waals surface area contributed by atoms with E-state index < -0.39 is 0 Å². The summed E-state index contributed by atoms with van der Waals surface area (Å²) >= 11 is 0. The van der Waals surface area contributed by atoms with Crippen molar-refractivity contribution in [1.82, 2.24) is 10.2 Å². The highest BCUT2D eigenvalue weighted by molar-refractivity contribution is 5.80. The fourth-order valence-electron chi connectivity index (χ4n) is 3.27. The zero-order chi connectivity index (χ0) is 20.5. The summed E-state index contributed by atoms with van der Waals surface area (Å²) in [6.07, 6.45) is 1.34. The molecule has 1 aliphatic heterocycles. The Balaban J connectivity index is 1.31. The quantitative estimate of drug-likeness (QED) is 0.697. The van der Waals surface area contributed by atoms with Crippen LogP contribution in [-0.4, -0.2) is 49.6 Å². The van der Waals surface area contributed by atoms with E-state index in [4.69, 9.17) is 9.47 Å².